The van der Waals surface area contributed by atoms with E-state index < -0.39 is 0 Å². The van der Waals surface area contributed by atoms with Gasteiger partial charge in [-0.05, 0) is 44.7 Å². The van der Waals surface area contributed by atoms with E-state index in [0.29, 0.717) is 0 Å². The zero-order chi connectivity index (χ0) is 11.8. The molecule has 1 N–H and O–H groups in total. The number of hydrogen-bond donors (Lipinski definition) is 1. The SMILES string of the molecule is CCNCC1CCCC(C(=O)OC)CCC1. The van der Waals surface area contributed by atoms with Gasteiger partial charge in [-0.3, -0.25) is 4.79 Å². The number of carbonyl (C=O) groups is 1. The van der Waals surface area contributed by atoms with Crippen molar-refractivity contribution in [2.75, 3.05) is 20.2 Å². The number of methoxy groups -OCH3 is 1. The fourth-order valence-corrected chi connectivity index (χ4v) is 2.55. The van der Waals surface area contributed by atoms with E-state index in [1.54, 1.807) is 0 Å². The van der Waals surface area contributed by atoms with Crippen molar-refractivity contribution in [1.82, 2.24) is 5.32 Å². The highest BCUT2D eigenvalue weighted by molar-refractivity contribution is 5.72. The van der Waals surface area contributed by atoms with Gasteiger partial charge in [-0.25, -0.2) is 0 Å². The molecule has 0 heterocycles. The largest absolute Gasteiger partial charge is 0.469 e. The van der Waals surface area contributed by atoms with Crippen molar-refractivity contribution < 1.29 is 9.53 Å². The van der Waals surface area contributed by atoms with Gasteiger partial charge in [0.1, 0.15) is 0 Å². The lowest BCUT2D eigenvalue weighted by atomic mass is 9.86. The van der Waals surface area contributed by atoms with Crippen LogP contribution in [-0.4, -0.2) is 26.2 Å². The van der Waals surface area contributed by atoms with Crippen molar-refractivity contribution in [2.24, 2.45) is 11.8 Å². The summed E-state index contributed by atoms with van der Waals surface area (Å²) in [6, 6.07) is 0. The Kier molecular flexibility index (Phi) is 6.46. The van der Waals surface area contributed by atoms with Gasteiger partial charge in [0.15, 0.2) is 0 Å². The third kappa shape index (κ3) is 4.52. The number of ether oxygens (including phenoxy) is 1. The molecule has 1 fully saturated rings. The van der Waals surface area contributed by atoms with Crippen LogP contribution in [0.25, 0.3) is 0 Å². The molecule has 3 nitrogen and oxygen atoms in total. The second kappa shape index (κ2) is 7.66. The number of esters is 1. The molecule has 16 heavy (non-hydrogen) atoms. The van der Waals surface area contributed by atoms with Gasteiger partial charge in [0, 0.05) is 0 Å². The molecule has 0 aliphatic heterocycles. The highest BCUT2D eigenvalue weighted by Crippen LogP contribution is 2.26. The Morgan fingerprint density at radius 3 is 2.38 bits per heavy atom. The van der Waals surface area contributed by atoms with E-state index in [1.807, 2.05) is 0 Å². The summed E-state index contributed by atoms with van der Waals surface area (Å²) in [5.41, 5.74) is 0. The summed E-state index contributed by atoms with van der Waals surface area (Å²) in [4.78, 5) is 11.5. The van der Waals surface area contributed by atoms with Crippen molar-refractivity contribution in [3.05, 3.63) is 0 Å². The fraction of sp³-hybridized carbons (Fsp3) is 0.923. The smallest absolute Gasteiger partial charge is 0.308 e. The molecule has 0 bridgehead atoms. The van der Waals surface area contributed by atoms with Crippen LogP contribution in [0.5, 0.6) is 0 Å². The molecular weight excluding hydrogens is 202 g/mol. The molecular formula is C13H25NO2. The normalized spacial score (nSPS) is 26.9. The highest BCUT2D eigenvalue weighted by atomic mass is 16.5. The molecule has 0 atom stereocenters. The summed E-state index contributed by atoms with van der Waals surface area (Å²) in [5, 5.41) is 3.42. The van der Waals surface area contributed by atoms with Crippen LogP contribution in [0.15, 0.2) is 0 Å². The van der Waals surface area contributed by atoms with Gasteiger partial charge in [-0.2, -0.15) is 0 Å². The Labute approximate surface area is 98.9 Å². The van der Waals surface area contributed by atoms with Gasteiger partial charge < -0.3 is 10.1 Å². The van der Waals surface area contributed by atoms with Crippen LogP contribution < -0.4 is 5.32 Å². The Bertz CT molecular complexity index is 196. The molecule has 1 aliphatic rings. The standard InChI is InChI=1S/C13H25NO2/c1-3-14-10-11-6-4-8-12(9-5-7-11)13(15)16-2/h11-12,14H,3-10H2,1-2H3. The first-order valence-corrected chi connectivity index (χ1v) is 6.56. The number of nitrogens with one attached hydrogen (secondary N) is 1. The average molecular weight is 227 g/mol. The zero-order valence-corrected chi connectivity index (χ0v) is 10.6. The maximum absolute atomic E-state index is 11.5. The summed E-state index contributed by atoms with van der Waals surface area (Å²) in [7, 11) is 1.50. The van der Waals surface area contributed by atoms with E-state index >= 15 is 0 Å². The third-order valence-corrected chi connectivity index (χ3v) is 3.55. The molecule has 0 saturated heterocycles. The second-order valence-corrected chi connectivity index (χ2v) is 4.76. The van der Waals surface area contributed by atoms with Gasteiger partial charge in [0.05, 0.1) is 13.0 Å². The van der Waals surface area contributed by atoms with Crippen LogP contribution in [0.4, 0.5) is 0 Å². The maximum Gasteiger partial charge on any atom is 0.308 e. The van der Waals surface area contributed by atoms with Gasteiger partial charge in [-0.15, -0.1) is 0 Å². The maximum atomic E-state index is 11.5. The van der Waals surface area contributed by atoms with Crippen LogP contribution in [0, 0.1) is 11.8 Å². The molecule has 94 valence electrons. The molecule has 0 aromatic heterocycles. The summed E-state index contributed by atoms with van der Waals surface area (Å²) in [6.07, 6.45) is 6.84. The van der Waals surface area contributed by atoms with E-state index in [-0.39, 0.29) is 11.9 Å². The minimum atomic E-state index is -0.00914. The highest BCUT2D eigenvalue weighted by Gasteiger charge is 2.22. The van der Waals surface area contributed by atoms with Crippen LogP contribution in [0.1, 0.15) is 45.4 Å². The van der Waals surface area contributed by atoms with E-state index in [2.05, 4.69) is 12.2 Å². The number of hydrogen-bond acceptors (Lipinski definition) is 3. The Morgan fingerprint density at radius 1 is 1.25 bits per heavy atom. The van der Waals surface area contributed by atoms with Crippen molar-refractivity contribution in [3.8, 4) is 0 Å². The molecule has 0 radical (unpaired) electrons. The first kappa shape index (κ1) is 13.5. The summed E-state index contributed by atoms with van der Waals surface area (Å²) >= 11 is 0. The monoisotopic (exact) mass is 227 g/mol. The topological polar surface area (TPSA) is 38.3 Å². The van der Waals surface area contributed by atoms with Crippen molar-refractivity contribution in [3.63, 3.8) is 0 Å². The van der Waals surface area contributed by atoms with E-state index in [0.717, 1.165) is 44.7 Å². The molecule has 1 aliphatic carbocycles. The zero-order valence-electron chi connectivity index (χ0n) is 10.6. The van der Waals surface area contributed by atoms with E-state index in [4.69, 9.17) is 4.74 Å². The van der Waals surface area contributed by atoms with Crippen molar-refractivity contribution in [2.45, 2.75) is 45.4 Å². The van der Waals surface area contributed by atoms with Crippen LogP contribution in [-0.2, 0) is 9.53 Å². The Balaban J connectivity index is 2.29. The van der Waals surface area contributed by atoms with Crippen LogP contribution >= 0.6 is 0 Å². The molecule has 3 heteroatoms. The molecule has 0 unspecified atom stereocenters. The molecule has 0 aromatic carbocycles. The van der Waals surface area contributed by atoms with Gasteiger partial charge in [-0.1, -0.05) is 19.8 Å². The molecule has 1 rings (SSSR count). The van der Waals surface area contributed by atoms with Gasteiger partial charge in [0.25, 0.3) is 0 Å². The van der Waals surface area contributed by atoms with E-state index in [1.165, 1.54) is 20.0 Å². The first-order chi connectivity index (χ1) is 7.77. The lowest BCUT2D eigenvalue weighted by Crippen LogP contribution is -2.25. The quantitative estimate of drug-likeness (QED) is 0.749. The summed E-state index contributed by atoms with van der Waals surface area (Å²) in [5.74, 6) is 0.953. The van der Waals surface area contributed by atoms with Crippen molar-refractivity contribution >= 4 is 5.97 Å². The average Bonchev–Trinajstić information content (AvgIpc) is 2.27. The third-order valence-electron chi connectivity index (χ3n) is 3.55. The second-order valence-electron chi connectivity index (χ2n) is 4.76. The summed E-state index contributed by atoms with van der Waals surface area (Å²) in [6.45, 7) is 4.34. The fourth-order valence-electron chi connectivity index (χ4n) is 2.55. The predicted octanol–water partition coefficient (Wildman–Crippen LogP) is 2.36. The molecule has 0 spiro atoms. The summed E-state index contributed by atoms with van der Waals surface area (Å²) < 4.78 is 4.83. The Hall–Kier alpha value is -0.570. The Morgan fingerprint density at radius 2 is 1.88 bits per heavy atom. The minimum absolute atomic E-state index is 0.00914. The molecule has 0 aromatic rings. The van der Waals surface area contributed by atoms with Crippen LogP contribution in [0.3, 0.4) is 0 Å². The van der Waals surface area contributed by atoms with Crippen molar-refractivity contribution in [1.29, 1.82) is 0 Å². The van der Waals surface area contributed by atoms with Gasteiger partial charge >= 0.3 is 5.97 Å². The lowest BCUT2D eigenvalue weighted by Gasteiger charge is -2.23. The minimum Gasteiger partial charge on any atom is -0.469 e. The molecule has 1 saturated carbocycles. The van der Waals surface area contributed by atoms with Gasteiger partial charge in [0.2, 0.25) is 0 Å². The molecule has 0 amide bonds. The van der Waals surface area contributed by atoms with E-state index in [9.17, 15) is 4.79 Å². The predicted molar refractivity (Wildman–Crippen MR) is 65.2 cm³/mol. The van der Waals surface area contributed by atoms with Crippen LogP contribution in [0.2, 0.25) is 0 Å². The first-order valence-electron chi connectivity index (χ1n) is 6.56. The number of rotatable bonds is 4. The lowest BCUT2D eigenvalue weighted by molar-refractivity contribution is -0.146. The number of carbonyl (C=O) groups excluding carboxylic acids is 1.